The molecule has 3 aromatic rings. The summed E-state index contributed by atoms with van der Waals surface area (Å²) in [5.41, 5.74) is 4.78. The average Bonchev–Trinajstić information content (AvgIpc) is 3.06. The van der Waals surface area contributed by atoms with Crippen molar-refractivity contribution in [3.05, 3.63) is 65.1 Å². The molecule has 0 saturated heterocycles. The lowest BCUT2D eigenvalue weighted by atomic mass is 10.1. The molecule has 2 heterocycles. The number of aromatic nitrogens is 3. The Bertz CT molecular complexity index is 1040. The number of ether oxygens (including phenoxy) is 2. The Morgan fingerprint density at radius 1 is 1.07 bits per heavy atom. The summed E-state index contributed by atoms with van der Waals surface area (Å²) >= 11 is 0. The van der Waals surface area contributed by atoms with Gasteiger partial charge < -0.3 is 14.8 Å². The van der Waals surface area contributed by atoms with Crippen molar-refractivity contribution in [3.63, 3.8) is 0 Å². The Labute approximate surface area is 174 Å². The van der Waals surface area contributed by atoms with E-state index in [0.29, 0.717) is 30.0 Å². The van der Waals surface area contributed by atoms with Crippen LogP contribution < -0.4 is 10.1 Å². The zero-order valence-electron chi connectivity index (χ0n) is 17.4. The smallest absolute Gasteiger partial charge is 0.305 e. The second-order valence-corrected chi connectivity index (χ2v) is 6.73. The minimum atomic E-state index is -0.246. The third-order valence-corrected chi connectivity index (χ3v) is 4.83. The molecule has 30 heavy (non-hydrogen) atoms. The third-order valence-electron chi connectivity index (χ3n) is 4.83. The fourth-order valence-corrected chi connectivity index (χ4v) is 3.15. The highest BCUT2D eigenvalue weighted by Gasteiger charge is 2.15. The van der Waals surface area contributed by atoms with Gasteiger partial charge in [-0.05, 0) is 56.2 Å². The molecule has 0 aliphatic heterocycles. The van der Waals surface area contributed by atoms with Crippen LogP contribution in [-0.4, -0.2) is 40.9 Å². The molecule has 3 rings (SSSR count). The number of hydrogen-bond acceptors (Lipinski definition) is 6. The van der Waals surface area contributed by atoms with Crippen LogP contribution in [0.25, 0.3) is 5.69 Å². The fourth-order valence-electron chi connectivity index (χ4n) is 3.15. The van der Waals surface area contributed by atoms with Gasteiger partial charge in [-0.3, -0.25) is 9.59 Å². The van der Waals surface area contributed by atoms with Gasteiger partial charge in [0.15, 0.2) is 0 Å². The molecular weight excluding hydrogens is 384 g/mol. The van der Waals surface area contributed by atoms with E-state index < -0.39 is 0 Å². The van der Waals surface area contributed by atoms with Gasteiger partial charge in [0.1, 0.15) is 0 Å². The predicted molar refractivity (Wildman–Crippen MR) is 112 cm³/mol. The van der Waals surface area contributed by atoms with Gasteiger partial charge in [-0.25, -0.2) is 9.67 Å². The number of hydrogen-bond donors (Lipinski definition) is 1. The first kappa shape index (κ1) is 21.0. The van der Waals surface area contributed by atoms with Gasteiger partial charge in [0.05, 0.1) is 37.5 Å². The maximum Gasteiger partial charge on any atom is 0.305 e. The molecule has 2 aromatic heterocycles. The molecular formula is C22H24N4O4. The molecule has 0 unspecified atom stereocenters. The molecule has 0 saturated carbocycles. The normalized spacial score (nSPS) is 10.5. The van der Waals surface area contributed by atoms with Gasteiger partial charge in [-0.1, -0.05) is 0 Å². The van der Waals surface area contributed by atoms with Crippen molar-refractivity contribution >= 4 is 17.6 Å². The van der Waals surface area contributed by atoms with Gasteiger partial charge in [-0.2, -0.15) is 5.10 Å². The van der Waals surface area contributed by atoms with Crippen LogP contribution in [0.4, 0.5) is 5.69 Å². The van der Waals surface area contributed by atoms with Crippen LogP contribution in [0.5, 0.6) is 5.88 Å². The Hall–Kier alpha value is -3.68. The van der Waals surface area contributed by atoms with Gasteiger partial charge >= 0.3 is 5.97 Å². The van der Waals surface area contributed by atoms with Crippen molar-refractivity contribution in [2.24, 2.45) is 0 Å². The van der Waals surface area contributed by atoms with Crippen LogP contribution in [0, 0.1) is 13.8 Å². The first-order valence-electron chi connectivity index (χ1n) is 9.46. The number of anilines is 1. The van der Waals surface area contributed by atoms with E-state index in [4.69, 9.17) is 9.47 Å². The fraction of sp³-hybridized carbons (Fsp3) is 0.273. The maximum atomic E-state index is 12.5. The minimum Gasteiger partial charge on any atom is -0.481 e. The average molecular weight is 408 g/mol. The zero-order chi connectivity index (χ0) is 21.7. The van der Waals surface area contributed by atoms with Crippen LogP contribution in [0.2, 0.25) is 0 Å². The SMILES string of the molecule is COC(=O)CCc1c(C)nn(-c2ccc(C(=O)Nc3ccc(OC)nc3)cc2)c1C. The lowest BCUT2D eigenvalue weighted by molar-refractivity contribution is -0.140. The first-order valence-corrected chi connectivity index (χ1v) is 9.46. The van der Waals surface area contributed by atoms with Crippen LogP contribution in [-0.2, 0) is 16.0 Å². The van der Waals surface area contributed by atoms with Crippen molar-refractivity contribution in [2.75, 3.05) is 19.5 Å². The number of amides is 1. The standard InChI is InChI=1S/C22H24N4O4/c1-14-19(10-12-21(27)30-4)15(2)26(25-14)18-8-5-16(6-9-18)22(28)24-17-7-11-20(29-3)23-13-17/h5-9,11,13H,10,12H2,1-4H3,(H,24,28). The van der Waals surface area contributed by atoms with Crippen LogP contribution in [0.3, 0.4) is 0 Å². The number of carbonyl (C=O) groups excluding carboxylic acids is 2. The molecule has 1 amide bonds. The first-order chi connectivity index (χ1) is 14.4. The number of nitrogens with one attached hydrogen (secondary N) is 1. The van der Waals surface area contributed by atoms with Crippen LogP contribution in [0.15, 0.2) is 42.6 Å². The molecule has 0 atom stereocenters. The number of pyridine rings is 1. The van der Waals surface area contributed by atoms with E-state index in [1.54, 1.807) is 24.3 Å². The lowest BCUT2D eigenvalue weighted by Gasteiger charge is -2.08. The number of esters is 1. The highest BCUT2D eigenvalue weighted by Crippen LogP contribution is 2.20. The third kappa shape index (κ3) is 4.65. The van der Waals surface area contributed by atoms with Gasteiger partial charge in [0.25, 0.3) is 5.91 Å². The van der Waals surface area contributed by atoms with E-state index >= 15 is 0 Å². The summed E-state index contributed by atoms with van der Waals surface area (Å²) in [5, 5.41) is 7.39. The highest BCUT2D eigenvalue weighted by atomic mass is 16.5. The van der Waals surface area contributed by atoms with Gasteiger partial charge in [0, 0.05) is 23.7 Å². The van der Waals surface area contributed by atoms with E-state index in [9.17, 15) is 9.59 Å². The minimum absolute atomic E-state index is 0.236. The van der Waals surface area contributed by atoms with Crippen LogP contribution in [0.1, 0.15) is 33.7 Å². The highest BCUT2D eigenvalue weighted by molar-refractivity contribution is 6.04. The molecule has 0 aliphatic rings. The zero-order valence-corrected chi connectivity index (χ0v) is 17.4. The molecule has 0 bridgehead atoms. The van der Waals surface area contributed by atoms with E-state index in [1.807, 2.05) is 30.7 Å². The van der Waals surface area contributed by atoms with Gasteiger partial charge in [-0.15, -0.1) is 0 Å². The van der Waals surface area contributed by atoms with Crippen molar-refractivity contribution in [1.29, 1.82) is 0 Å². The monoisotopic (exact) mass is 408 g/mol. The topological polar surface area (TPSA) is 95.3 Å². The Morgan fingerprint density at radius 2 is 1.80 bits per heavy atom. The number of aryl methyl sites for hydroxylation is 1. The summed E-state index contributed by atoms with van der Waals surface area (Å²) in [5.74, 6) is -0.00202. The number of benzene rings is 1. The van der Waals surface area contributed by atoms with E-state index in [1.165, 1.54) is 20.4 Å². The molecule has 0 aliphatic carbocycles. The largest absolute Gasteiger partial charge is 0.481 e. The summed E-state index contributed by atoms with van der Waals surface area (Å²) in [6.45, 7) is 3.88. The number of methoxy groups -OCH3 is 2. The number of rotatable bonds is 7. The maximum absolute atomic E-state index is 12.5. The molecule has 0 radical (unpaired) electrons. The molecule has 8 nitrogen and oxygen atoms in total. The summed E-state index contributed by atoms with van der Waals surface area (Å²) in [6, 6.07) is 10.6. The van der Waals surface area contributed by atoms with Crippen molar-refractivity contribution < 1.29 is 19.1 Å². The number of carbonyl (C=O) groups is 2. The lowest BCUT2D eigenvalue weighted by Crippen LogP contribution is -2.12. The summed E-state index contributed by atoms with van der Waals surface area (Å²) in [6.07, 6.45) is 2.42. The summed E-state index contributed by atoms with van der Waals surface area (Å²) < 4.78 is 11.5. The van der Waals surface area contributed by atoms with Crippen molar-refractivity contribution in [2.45, 2.75) is 26.7 Å². The second kappa shape index (κ2) is 9.21. The Balaban J connectivity index is 1.73. The molecule has 156 valence electrons. The quantitative estimate of drug-likeness (QED) is 0.603. The Morgan fingerprint density at radius 3 is 2.40 bits per heavy atom. The van der Waals surface area contributed by atoms with E-state index in [2.05, 4.69) is 15.4 Å². The molecule has 0 fully saturated rings. The molecule has 0 spiro atoms. The number of nitrogens with zero attached hydrogens (tertiary/aromatic N) is 3. The molecule has 1 N–H and O–H groups in total. The molecule has 8 heteroatoms. The van der Waals surface area contributed by atoms with Crippen molar-refractivity contribution in [1.82, 2.24) is 14.8 Å². The van der Waals surface area contributed by atoms with E-state index in [-0.39, 0.29) is 11.9 Å². The predicted octanol–water partition coefficient (Wildman–Crippen LogP) is 3.25. The van der Waals surface area contributed by atoms with E-state index in [0.717, 1.165) is 22.6 Å². The second-order valence-electron chi connectivity index (χ2n) is 6.73. The summed E-state index contributed by atoms with van der Waals surface area (Å²) in [7, 11) is 2.92. The molecule has 1 aromatic carbocycles. The van der Waals surface area contributed by atoms with Gasteiger partial charge in [0.2, 0.25) is 5.88 Å². The Kier molecular flexibility index (Phi) is 6.46. The van der Waals surface area contributed by atoms with Crippen molar-refractivity contribution in [3.8, 4) is 11.6 Å². The van der Waals surface area contributed by atoms with Crippen LogP contribution >= 0.6 is 0 Å². The summed E-state index contributed by atoms with van der Waals surface area (Å²) in [4.78, 5) is 28.0.